The fourth-order valence-corrected chi connectivity index (χ4v) is 3.47. The van der Waals surface area contributed by atoms with Gasteiger partial charge in [0.1, 0.15) is 6.04 Å². The van der Waals surface area contributed by atoms with Gasteiger partial charge in [0, 0.05) is 13.1 Å². The molecule has 6 heteroatoms. The lowest BCUT2D eigenvalue weighted by atomic mass is 10.2. The van der Waals surface area contributed by atoms with Gasteiger partial charge in [-0.05, 0) is 48.7 Å². The fraction of sp³-hybridized carbons (Fsp3) is 0.714. The van der Waals surface area contributed by atoms with Crippen molar-refractivity contribution in [3.63, 3.8) is 0 Å². The second kappa shape index (κ2) is 6.72. The lowest BCUT2D eigenvalue weighted by Crippen LogP contribution is -2.37. The molecule has 1 aromatic heterocycles. The van der Waals surface area contributed by atoms with Crippen molar-refractivity contribution in [2.24, 2.45) is 0 Å². The Balaban J connectivity index is 2.21. The summed E-state index contributed by atoms with van der Waals surface area (Å²) in [5.74, 6) is -0.128. The Kier molecular flexibility index (Phi) is 5.21. The number of esters is 1. The summed E-state index contributed by atoms with van der Waals surface area (Å²) in [5.41, 5.74) is 2.23. The van der Waals surface area contributed by atoms with E-state index in [-0.39, 0.29) is 12.0 Å². The van der Waals surface area contributed by atoms with Gasteiger partial charge in [-0.25, -0.2) is 0 Å². The maximum Gasteiger partial charge on any atom is 0.323 e. The van der Waals surface area contributed by atoms with Crippen LogP contribution in [0, 0.1) is 0 Å². The molecule has 0 spiro atoms. The second-order valence-corrected chi connectivity index (χ2v) is 5.82. The van der Waals surface area contributed by atoms with Crippen LogP contribution in [0.5, 0.6) is 0 Å². The average Bonchev–Trinajstić information content (AvgIpc) is 3.04. The monoisotopic (exact) mass is 343 g/mol. The Bertz CT molecular complexity index is 487. The minimum atomic E-state index is -0.128. The van der Waals surface area contributed by atoms with Crippen molar-refractivity contribution >= 4 is 21.9 Å². The topological polar surface area (TPSA) is 47.4 Å². The van der Waals surface area contributed by atoms with Crippen LogP contribution >= 0.6 is 15.9 Å². The average molecular weight is 344 g/mol. The minimum Gasteiger partial charge on any atom is -0.468 e. The van der Waals surface area contributed by atoms with Gasteiger partial charge in [-0.15, -0.1) is 0 Å². The molecule has 2 heterocycles. The van der Waals surface area contributed by atoms with Gasteiger partial charge in [-0.1, -0.05) is 6.92 Å². The molecule has 1 aliphatic rings. The number of carbonyl (C=O) groups is 1. The van der Waals surface area contributed by atoms with Gasteiger partial charge in [-0.2, -0.15) is 5.10 Å². The smallest absolute Gasteiger partial charge is 0.323 e. The molecule has 1 saturated heterocycles. The third-order valence-electron chi connectivity index (χ3n) is 3.88. The van der Waals surface area contributed by atoms with E-state index < -0.39 is 0 Å². The number of likely N-dealkylation sites (tertiary alicyclic amines) is 1. The quantitative estimate of drug-likeness (QED) is 0.770. The van der Waals surface area contributed by atoms with Crippen molar-refractivity contribution < 1.29 is 9.53 Å². The molecular formula is C14H22BrN3O2. The Hall–Kier alpha value is -0.880. The molecule has 0 aromatic carbocycles. The molecular weight excluding hydrogens is 322 g/mol. The first kappa shape index (κ1) is 15.5. The molecule has 1 unspecified atom stereocenters. The Morgan fingerprint density at radius 3 is 2.85 bits per heavy atom. The van der Waals surface area contributed by atoms with Crippen LogP contribution in [0.3, 0.4) is 0 Å². The van der Waals surface area contributed by atoms with Crippen molar-refractivity contribution in [2.45, 2.75) is 52.2 Å². The van der Waals surface area contributed by atoms with Crippen LogP contribution in [0.1, 0.15) is 38.1 Å². The normalized spacial score (nSPS) is 19.5. The van der Waals surface area contributed by atoms with Gasteiger partial charge < -0.3 is 4.74 Å². The number of ether oxygens (including phenoxy) is 1. The number of hydrogen-bond acceptors (Lipinski definition) is 4. The SMILES string of the molecule is CCc1nn(CC)c(CN2CCCC2C(=O)OC)c1Br. The van der Waals surface area contributed by atoms with E-state index in [1.54, 1.807) is 0 Å². The number of methoxy groups -OCH3 is 1. The summed E-state index contributed by atoms with van der Waals surface area (Å²) in [4.78, 5) is 14.0. The molecule has 0 aliphatic carbocycles. The predicted molar refractivity (Wildman–Crippen MR) is 80.4 cm³/mol. The Morgan fingerprint density at radius 1 is 1.50 bits per heavy atom. The molecule has 5 nitrogen and oxygen atoms in total. The van der Waals surface area contributed by atoms with Gasteiger partial charge in [0.05, 0.1) is 23.0 Å². The highest BCUT2D eigenvalue weighted by atomic mass is 79.9. The molecule has 112 valence electrons. The number of carbonyl (C=O) groups excluding carboxylic acids is 1. The van der Waals surface area contributed by atoms with Gasteiger partial charge in [0.15, 0.2) is 0 Å². The highest BCUT2D eigenvalue weighted by Crippen LogP contribution is 2.27. The first-order chi connectivity index (χ1) is 9.62. The van der Waals surface area contributed by atoms with Crippen LogP contribution in [0.4, 0.5) is 0 Å². The zero-order valence-corrected chi connectivity index (χ0v) is 13.9. The highest BCUT2D eigenvalue weighted by molar-refractivity contribution is 9.10. The van der Waals surface area contributed by atoms with E-state index in [9.17, 15) is 4.79 Å². The van der Waals surface area contributed by atoms with Crippen LogP contribution < -0.4 is 0 Å². The van der Waals surface area contributed by atoms with Crippen LogP contribution in [0.25, 0.3) is 0 Å². The summed E-state index contributed by atoms with van der Waals surface area (Å²) in [6.45, 7) is 6.70. The molecule has 0 amide bonds. The van der Waals surface area contributed by atoms with Crippen LogP contribution in [-0.4, -0.2) is 40.3 Å². The molecule has 0 saturated carbocycles. The molecule has 20 heavy (non-hydrogen) atoms. The van der Waals surface area contributed by atoms with Gasteiger partial charge >= 0.3 is 5.97 Å². The Labute approximate surface area is 128 Å². The van der Waals surface area contributed by atoms with Gasteiger partial charge in [0.2, 0.25) is 0 Å². The van der Waals surface area contributed by atoms with E-state index in [2.05, 4.69) is 39.8 Å². The summed E-state index contributed by atoms with van der Waals surface area (Å²) in [7, 11) is 1.46. The molecule has 0 bridgehead atoms. The number of aromatic nitrogens is 2. The molecule has 1 aliphatic heterocycles. The minimum absolute atomic E-state index is 0.114. The molecule has 2 rings (SSSR count). The number of hydrogen-bond donors (Lipinski definition) is 0. The number of halogens is 1. The van der Waals surface area contributed by atoms with Crippen molar-refractivity contribution in [3.8, 4) is 0 Å². The molecule has 1 atom stereocenters. The van der Waals surface area contributed by atoms with E-state index in [0.717, 1.165) is 54.8 Å². The van der Waals surface area contributed by atoms with Crippen molar-refractivity contribution in [3.05, 3.63) is 15.9 Å². The second-order valence-electron chi connectivity index (χ2n) is 5.03. The van der Waals surface area contributed by atoms with E-state index >= 15 is 0 Å². The zero-order valence-electron chi connectivity index (χ0n) is 12.4. The zero-order chi connectivity index (χ0) is 14.7. The van der Waals surface area contributed by atoms with Crippen LogP contribution in [-0.2, 0) is 29.0 Å². The first-order valence-electron chi connectivity index (χ1n) is 7.18. The standard InChI is InChI=1S/C14H22BrN3O2/c1-4-10-13(15)12(18(5-2)16-10)9-17-8-6-7-11(17)14(19)20-3/h11H,4-9H2,1-3H3. The van der Waals surface area contributed by atoms with E-state index in [0.29, 0.717) is 0 Å². The van der Waals surface area contributed by atoms with Crippen LogP contribution in [0.15, 0.2) is 4.47 Å². The largest absolute Gasteiger partial charge is 0.468 e. The maximum atomic E-state index is 11.8. The van der Waals surface area contributed by atoms with Gasteiger partial charge in [-0.3, -0.25) is 14.4 Å². The summed E-state index contributed by atoms with van der Waals surface area (Å²) >= 11 is 3.66. The first-order valence-corrected chi connectivity index (χ1v) is 7.97. The molecule has 0 N–H and O–H groups in total. The maximum absolute atomic E-state index is 11.8. The fourth-order valence-electron chi connectivity index (χ4n) is 2.78. The van der Waals surface area contributed by atoms with Crippen molar-refractivity contribution in [1.82, 2.24) is 14.7 Å². The predicted octanol–water partition coefficient (Wildman–Crippen LogP) is 2.37. The van der Waals surface area contributed by atoms with E-state index in [1.807, 2.05) is 4.68 Å². The lowest BCUT2D eigenvalue weighted by molar-refractivity contribution is -0.146. The van der Waals surface area contributed by atoms with Crippen molar-refractivity contribution in [1.29, 1.82) is 0 Å². The van der Waals surface area contributed by atoms with E-state index in [1.165, 1.54) is 7.11 Å². The Morgan fingerprint density at radius 2 is 2.25 bits per heavy atom. The number of aryl methyl sites for hydroxylation is 2. The van der Waals surface area contributed by atoms with Crippen LogP contribution in [0.2, 0.25) is 0 Å². The summed E-state index contributed by atoms with van der Waals surface area (Å²) in [5, 5.41) is 4.61. The molecule has 0 radical (unpaired) electrons. The van der Waals surface area contributed by atoms with Gasteiger partial charge in [0.25, 0.3) is 0 Å². The van der Waals surface area contributed by atoms with Crippen molar-refractivity contribution in [2.75, 3.05) is 13.7 Å². The number of rotatable bonds is 5. The summed E-state index contributed by atoms with van der Waals surface area (Å²) < 4.78 is 8.00. The summed E-state index contributed by atoms with van der Waals surface area (Å²) in [6.07, 6.45) is 2.82. The third kappa shape index (κ3) is 2.91. The molecule has 1 fully saturated rings. The third-order valence-corrected chi connectivity index (χ3v) is 4.80. The number of nitrogens with zero attached hydrogens (tertiary/aromatic N) is 3. The van der Waals surface area contributed by atoms with E-state index in [4.69, 9.17) is 4.74 Å². The lowest BCUT2D eigenvalue weighted by Gasteiger charge is -2.22. The highest BCUT2D eigenvalue weighted by Gasteiger charge is 2.32. The molecule has 1 aromatic rings. The summed E-state index contributed by atoms with van der Waals surface area (Å²) in [6, 6.07) is -0.114.